The maximum atomic E-state index is 12.3. The van der Waals surface area contributed by atoms with Gasteiger partial charge in [-0.25, -0.2) is 13.6 Å². The van der Waals surface area contributed by atoms with Crippen LogP contribution in [0.5, 0.6) is 0 Å². The molecule has 24 heavy (non-hydrogen) atoms. The van der Waals surface area contributed by atoms with Gasteiger partial charge in [-0.05, 0) is 36.4 Å². The van der Waals surface area contributed by atoms with Crippen LogP contribution in [0.2, 0.25) is 10.0 Å². The minimum Gasteiger partial charge on any atom is -0.366 e. The normalized spacial score (nSPS) is 11.1. The van der Waals surface area contributed by atoms with Gasteiger partial charge in [0.05, 0.1) is 26.1 Å². The van der Waals surface area contributed by atoms with Crippen molar-refractivity contribution in [1.29, 1.82) is 0 Å². The number of amides is 2. The van der Waals surface area contributed by atoms with Gasteiger partial charge in [0.2, 0.25) is 15.9 Å². The molecule has 2 aromatic rings. The molecular formula is C14H11Cl2N3O4S. The lowest BCUT2D eigenvalue weighted by Crippen LogP contribution is -2.17. The molecule has 0 aliphatic rings. The first-order valence-electron chi connectivity index (χ1n) is 6.32. The maximum Gasteiger partial charge on any atom is 0.257 e. The molecular weight excluding hydrogens is 377 g/mol. The van der Waals surface area contributed by atoms with Crippen molar-refractivity contribution in [2.24, 2.45) is 10.9 Å². The van der Waals surface area contributed by atoms with Gasteiger partial charge >= 0.3 is 0 Å². The second-order valence-electron chi connectivity index (χ2n) is 4.70. The van der Waals surface area contributed by atoms with E-state index in [0.29, 0.717) is 0 Å². The molecule has 0 radical (unpaired) electrons. The van der Waals surface area contributed by atoms with Crippen LogP contribution in [0.4, 0.5) is 5.69 Å². The number of primary sulfonamides is 1. The number of carbonyl (C=O) groups is 2. The molecule has 0 spiro atoms. The number of nitrogens with two attached hydrogens (primary N) is 2. The predicted molar refractivity (Wildman–Crippen MR) is 90.7 cm³/mol. The molecule has 2 amide bonds. The molecule has 2 rings (SSSR count). The SMILES string of the molecule is NC(=O)c1cc(NC(=O)c2cc(S(N)(=O)=O)ccc2Cl)ccc1Cl. The molecule has 0 unspecified atom stereocenters. The number of hydrogen-bond acceptors (Lipinski definition) is 4. The first kappa shape index (κ1) is 18.2. The van der Waals surface area contributed by atoms with E-state index in [4.69, 9.17) is 34.1 Å². The number of halogens is 2. The average molecular weight is 388 g/mol. The first-order chi connectivity index (χ1) is 11.1. The van der Waals surface area contributed by atoms with Gasteiger partial charge in [0.25, 0.3) is 5.91 Å². The Hall–Kier alpha value is -2.13. The van der Waals surface area contributed by atoms with Crippen molar-refractivity contribution in [2.75, 3.05) is 5.32 Å². The molecule has 0 aliphatic carbocycles. The molecule has 0 aliphatic heterocycles. The first-order valence-corrected chi connectivity index (χ1v) is 8.63. The lowest BCUT2D eigenvalue weighted by atomic mass is 10.1. The van der Waals surface area contributed by atoms with Gasteiger partial charge in [-0.2, -0.15) is 0 Å². The molecule has 2 aromatic carbocycles. The largest absolute Gasteiger partial charge is 0.366 e. The Labute approximate surface area is 147 Å². The summed E-state index contributed by atoms with van der Waals surface area (Å²) in [5.74, 6) is -1.45. The summed E-state index contributed by atoms with van der Waals surface area (Å²) in [5.41, 5.74) is 5.34. The quantitative estimate of drug-likeness (QED) is 0.739. The number of sulfonamides is 1. The number of carbonyl (C=O) groups excluding carboxylic acids is 2. The summed E-state index contributed by atoms with van der Waals surface area (Å²) in [7, 11) is -3.99. The summed E-state index contributed by atoms with van der Waals surface area (Å²) in [5, 5.41) is 7.67. The summed E-state index contributed by atoms with van der Waals surface area (Å²) < 4.78 is 22.7. The smallest absolute Gasteiger partial charge is 0.257 e. The Balaban J connectivity index is 2.37. The van der Waals surface area contributed by atoms with E-state index in [1.807, 2.05) is 0 Å². The van der Waals surface area contributed by atoms with Crippen molar-refractivity contribution in [3.8, 4) is 0 Å². The molecule has 0 saturated carbocycles. The average Bonchev–Trinajstić information content (AvgIpc) is 2.48. The van der Waals surface area contributed by atoms with E-state index >= 15 is 0 Å². The summed E-state index contributed by atoms with van der Waals surface area (Å²) >= 11 is 11.7. The highest BCUT2D eigenvalue weighted by atomic mass is 35.5. The van der Waals surface area contributed by atoms with Gasteiger partial charge in [0, 0.05) is 5.69 Å². The van der Waals surface area contributed by atoms with Gasteiger partial charge in [0.15, 0.2) is 0 Å². The van der Waals surface area contributed by atoms with E-state index in [9.17, 15) is 18.0 Å². The fourth-order valence-electron chi connectivity index (χ4n) is 1.85. The zero-order valence-electron chi connectivity index (χ0n) is 11.9. The Morgan fingerprint density at radius 1 is 0.958 bits per heavy atom. The van der Waals surface area contributed by atoms with Crippen LogP contribution in [0.1, 0.15) is 20.7 Å². The van der Waals surface area contributed by atoms with E-state index in [2.05, 4.69) is 5.32 Å². The van der Waals surface area contributed by atoms with E-state index in [1.165, 1.54) is 30.3 Å². The fraction of sp³-hybridized carbons (Fsp3) is 0. The lowest BCUT2D eigenvalue weighted by Gasteiger charge is -2.09. The van der Waals surface area contributed by atoms with Crippen molar-refractivity contribution in [2.45, 2.75) is 4.90 Å². The summed E-state index contributed by atoms with van der Waals surface area (Å²) in [6.45, 7) is 0. The van der Waals surface area contributed by atoms with Crippen molar-refractivity contribution in [3.05, 3.63) is 57.6 Å². The van der Waals surface area contributed by atoms with Crippen LogP contribution in [-0.4, -0.2) is 20.2 Å². The third-order valence-electron chi connectivity index (χ3n) is 3.00. The molecule has 0 bridgehead atoms. The van der Waals surface area contributed by atoms with Crippen molar-refractivity contribution in [1.82, 2.24) is 0 Å². The minimum atomic E-state index is -3.99. The van der Waals surface area contributed by atoms with Gasteiger partial charge in [0.1, 0.15) is 0 Å². The van der Waals surface area contributed by atoms with Crippen LogP contribution < -0.4 is 16.2 Å². The van der Waals surface area contributed by atoms with Crippen LogP contribution in [0.15, 0.2) is 41.3 Å². The van der Waals surface area contributed by atoms with Crippen molar-refractivity contribution in [3.63, 3.8) is 0 Å². The zero-order chi connectivity index (χ0) is 18.1. The van der Waals surface area contributed by atoms with Gasteiger partial charge in [-0.1, -0.05) is 23.2 Å². The fourth-order valence-corrected chi connectivity index (χ4v) is 2.80. The lowest BCUT2D eigenvalue weighted by molar-refractivity contribution is 0.0996. The Bertz CT molecular complexity index is 945. The molecule has 0 saturated heterocycles. The van der Waals surface area contributed by atoms with E-state index < -0.39 is 21.8 Å². The molecule has 0 aromatic heterocycles. The van der Waals surface area contributed by atoms with Crippen LogP contribution >= 0.6 is 23.2 Å². The molecule has 7 nitrogen and oxygen atoms in total. The van der Waals surface area contributed by atoms with Gasteiger partial charge in [-0.3, -0.25) is 9.59 Å². The second-order valence-corrected chi connectivity index (χ2v) is 7.08. The number of rotatable bonds is 4. The predicted octanol–water partition coefficient (Wildman–Crippen LogP) is 1.99. The van der Waals surface area contributed by atoms with Crippen LogP contribution in [0, 0.1) is 0 Å². The number of hydrogen-bond donors (Lipinski definition) is 3. The topological polar surface area (TPSA) is 132 Å². The molecule has 10 heteroatoms. The number of nitrogens with one attached hydrogen (secondary N) is 1. The molecule has 0 atom stereocenters. The minimum absolute atomic E-state index is 0.0267. The monoisotopic (exact) mass is 387 g/mol. The Morgan fingerprint density at radius 3 is 2.12 bits per heavy atom. The maximum absolute atomic E-state index is 12.3. The van der Waals surface area contributed by atoms with Crippen molar-refractivity contribution < 1.29 is 18.0 Å². The zero-order valence-corrected chi connectivity index (χ0v) is 14.2. The summed E-state index contributed by atoms with van der Waals surface area (Å²) in [6.07, 6.45) is 0. The summed E-state index contributed by atoms with van der Waals surface area (Å²) in [4.78, 5) is 23.3. The molecule has 5 N–H and O–H groups in total. The molecule has 0 heterocycles. The second kappa shape index (κ2) is 6.78. The highest BCUT2D eigenvalue weighted by Gasteiger charge is 2.17. The van der Waals surface area contributed by atoms with E-state index in [-0.39, 0.29) is 31.8 Å². The number of primary amides is 1. The van der Waals surface area contributed by atoms with Crippen LogP contribution in [0.3, 0.4) is 0 Å². The third-order valence-corrected chi connectivity index (χ3v) is 4.57. The van der Waals surface area contributed by atoms with Gasteiger partial charge in [-0.15, -0.1) is 0 Å². The van der Waals surface area contributed by atoms with E-state index in [0.717, 1.165) is 6.07 Å². The number of anilines is 1. The molecule has 0 fully saturated rings. The third kappa shape index (κ3) is 4.04. The Morgan fingerprint density at radius 2 is 1.54 bits per heavy atom. The highest BCUT2D eigenvalue weighted by Crippen LogP contribution is 2.23. The summed E-state index contributed by atoms with van der Waals surface area (Å²) in [6, 6.07) is 7.61. The van der Waals surface area contributed by atoms with Crippen LogP contribution in [0.25, 0.3) is 0 Å². The molecule has 126 valence electrons. The van der Waals surface area contributed by atoms with Gasteiger partial charge < -0.3 is 11.1 Å². The standard InChI is InChI=1S/C14H11Cl2N3O4S/c15-11-3-1-7(5-9(11)13(17)20)19-14(21)10-6-8(24(18,22)23)2-4-12(10)16/h1-6H,(H2,17,20)(H,19,21)(H2,18,22,23). The Kier molecular flexibility index (Phi) is 5.14. The van der Waals surface area contributed by atoms with Crippen molar-refractivity contribution >= 4 is 50.7 Å². The van der Waals surface area contributed by atoms with Crippen LogP contribution in [-0.2, 0) is 10.0 Å². The highest BCUT2D eigenvalue weighted by molar-refractivity contribution is 7.89. The van der Waals surface area contributed by atoms with E-state index in [1.54, 1.807) is 0 Å². The number of benzene rings is 2.